The molecule has 3 N–H and O–H groups in total. The van der Waals surface area contributed by atoms with Gasteiger partial charge in [0, 0.05) is 0 Å². The van der Waals surface area contributed by atoms with Crippen LogP contribution in [0.25, 0.3) is 0 Å². The van der Waals surface area contributed by atoms with Gasteiger partial charge in [0.1, 0.15) is 6.04 Å². The SMILES string of the molecule is Cc1ccc(S(=O)(=O)c2ccc(C[C@H](N)C(=O)O)cc2)cc1. The molecule has 0 spiro atoms. The standard InChI is InChI=1S/C16H17NO4S/c1-11-2-6-13(7-3-11)22(20,21)14-8-4-12(5-9-14)10-15(17)16(18)19/h2-9,15H,10,17H2,1H3,(H,18,19)/t15-/m0/s1. The van der Waals surface area contributed by atoms with Gasteiger partial charge in [-0.1, -0.05) is 29.8 Å². The average Bonchev–Trinajstić information content (AvgIpc) is 2.48. The van der Waals surface area contributed by atoms with Gasteiger partial charge >= 0.3 is 5.97 Å². The largest absolute Gasteiger partial charge is 0.480 e. The van der Waals surface area contributed by atoms with Crippen LogP contribution in [0, 0.1) is 6.92 Å². The number of carboxylic acids is 1. The van der Waals surface area contributed by atoms with Gasteiger partial charge in [0.25, 0.3) is 0 Å². The molecule has 0 saturated carbocycles. The van der Waals surface area contributed by atoms with E-state index in [4.69, 9.17) is 10.8 Å². The lowest BCUT2D eigenvalue weighted by Gasteiger charge is -2.08. The summed E-state index contributed by atoms with van der Waals surface area (Å²) in [5.74, 6) is -1.09. The fourth-order valence-electron chi connectivity index (χ4n) is 2.00. The third-order valence-electron chi connectivity index (χ3n) is 3.34. The molecule has 0 unspecified atom stereocenters. The van der Waals surface area contributed by atoms with E-state index in [1.54, 1.807) is 36.4 Å². The van der Waals surface area contributed by atoms with Crippen molar-refractivity contribution in [3.05, 3.63) is 59.7 Å². The highest BCUT2D eigenvalue weighted by atomic mass is 32.2. The molecule has 0 amide bonds. The van der Waals surface area contributed by atoms with Gasteiger partial charge < -0.3 is 10.8 Å². The van der Waals surface area contributed by atoms with Gasteiger partial charge in [0.15, 0.2) is 0 Å². The number of carbonyl (C=O) groups is 1. The molecular weight excluding hydrogens is 302 g/mol. The Labute approximate surface area is 129 Å². The molecule has 0 bridgehead atoms. The first-order valence-electron chi connectivity index (χ1n) is 6.70. The lowest BCUT2D eigenvalue weighted by molar-refractivity contribution is -0.138. The van der Waals surface area contributed by atoms with Crippen molar-refractivity contribution in [1.82, 2.24) is 0 Å². The molecule has 1 atom stereocenters. The maximum atomic E-state index is 12.5. The van der Waals surface area contributed by atoms with Gasteiger partial charge in [-0.05, 0) is 43.2 Å². The van der Waals surface area contributed by atoms with E-state index in [-0.39, 0.29) is 16.2 Å². The molecule has 2 aromatic carbocycles. The van der Waals surface area contributed by atoms with E-state index in [0.717, 1.165) is 5.56 Å². The van der Waals surface area contributed by atoms with E-state index in [1.807, 2.05) is 6.92 Å². The van der Waals surface area contributed by atoms with Crippen LogP contribution >= 0.6 is 0 Å². The zero-order valence-corrected chi connectivity index (χ0v) is 12.9. The summed E-state index contributed by atoms with van der Waals surface area (Å²) in [6.45, 7) is 1.89. The number of carboxylic acid groups (broad SMARTS) is 1. The second-order valence-electron chi connectivity index (χ2n) is 5.11. The molecule has 0 radical (unpaired) electrons. The van der Waals surface area contributed by atoms with Crippen LogP contribution in [0.2, 0.25) is 0 Å². The van der Waals surface area contributed by atoms with E-state index in [1.165, 1.54) is 12.1 Å². The van der Waals surface area contributed by atoms with Crippen molar-refractivity contribution >= 4 is 15.8 Å². The molecule has 2 aromatic rings. The minimum atomic E-state index is -3.56. The number of hydrogen-bond donors (Lipinski definition) is 2. The Morgan fingerprint density at radius 1 is 1.05 bits per heavy atom. The van der Waals surface area contributed by atoms with Gasteiger partial charge in [0.2, 0.25) is 9.84 Å². The average molecular weight is 319 g/mol. The van der Waals surface area contributed by atoms with Crippen LogP contribution in [-0.2, 0) is 21.1 Å². The maximum Gasteiger partial charge on any atom is 0.320 e. The van der Waals surface area contributed by atoms with Gasteiger partial charge in [0.05, 0.1) is 9.79 Å². The van der Waals surface area contributed by atoms with Crippen molar-refractivity contribution < 1.29 is 18.3 Å². The van der Waals surface area contributed by atoms with Crippen molar-refractivity contribution in [2.24, 2.45) is 5.73 Å². The van der Waals surface area contributed by atoms with Crippen LogP contribution in [0.5, 0.6) is 0 Å². The number of nitrogens with two attached hydrogens (primary N) is 1. The second-order valence-corrected chi connectivity index (χ2v) is 7.06. The van der Waals surface area contributed by atoms with Crippen LogP contribution in [0.3, 0.4) is 0 Å². The fourth-order valence-corrected chi connectivity index (χ4v) is 3.26. The van der Waals surface area contributed by atoms with Crippen molar-refractivity contribution in [3.63, 3.8) is 0 Å². The first-order chi connectivity index (χ1) is 10.3. The zero-order chi connectivity index (χ0) is 16.3. The van der Waals surface area contributed by atoms with Crippen LogP contribution in [0.15, 0.2) is 58.3 Å². The van der Waals surface area contributed by atoms with Gasteiger partial charge in [-0.15, -0.1) is 0 Å². The Kier molecular flexibility index (Phi) is 4.63. The monoisotopic (exact) mass is 319 g/mol. The molecule has 0 aromatic heterocycles. The van der Waals surface area contributed by atoms with Gasteiger partial charge in [-0.25, -0.2) is 8.42 Å². The van der Waals surface area contributed by atoms with Crippen molar-refractivity contribution in [3.8, 4) is 0 Å². The van der Waals surface area contributed by atoms with E-state index in [0.29, 0.717) is 5.56 Å². The molecular formula is C16H17NO4S. The topological polar surface area (TPSA) is 97.5 Å². The molecule has 0 aliphatic rings. The lowest BCUT2D eigenvalue weighted by atomic mass is 10.1. The molecule has 116 valence electrons. The summed E-state index contributed by atoms with van der Waals surface area (Å²) < 4.78 is 24.9. The first-order valence-corrected chi connectivity index (χ1v) is 8.18. The summed E-state index contributed by atoms with van der Waals surface area (Å²) in [5, 5.41) is 8.78. The Balaban J connectivity index is 2.26. The number of rotatable bonds is 5. The fraction of sp³-hybridized carbons (Fsp3) is 0.188. The minimum Gasteiger partial charge on any atom is -0.480 e. The summed E-state index contributed by atoms with van der Waals surface area (Å²) in [6.07, 6.45) is 0.153. The van der Waals surface area contributed by atoms with Crippen LogP contribution in [-0.4, -0.2) is 25.5 Å². The number of aliphatic carboxylic acids is 1. The van der Waals surface area contributed by atoms with E-state index in [2.05, 4.69) is 0 Å². The summed E-state index contributed by atoms with van der Waals surface area (Å²) >= 11 is 0. The number of benzene rings is 2. The normalized spacial score (nSPS) is 12.8. The smallest absolute Gasteiger partial charge is 0.320 e. The molecule has 0 fully saturated rings. The van der Waals surface area contributed by atoms with Gasteiger partial charge in [-0.2, -0.15) is 0 Å². The highest BCUT2D eigenvalue weighted by molar-refractivity contribution is 7.91. The second kappa shape index (κ2) is 6.29. The molecule has 0 heterocycles. The van der Waals surface area contributed by atoms with Crippen molar-refractivity contribution in [1.29, 1.82) is 0 Å². The third-order valence-corrected chi connectivity index (χ3v) is 5.12. The predicted octanol–water partition coefficient (Wildman–Crippen LogP) is 1.78. The first kappa shape index (κ1) is 16.2. The summed E-state index contributed by atoms with van der Waals surface area (Å²) in [5.41, 5.74) is 7.12. The highest BCUT2D eigenvalue weighted by Crippen LogP contribution is 2.21. The van der Waals surface area contributed by atoms with E-state index >= 15 is 0 Å². The summed E-state index contributed by atoms with van der Waals surface area (Å²) in [7, 11) is -3.56. The third kappa shape index (κ3) is 3.52. The Hall–Kier alpha value is -2.18. The van der Waals surface area contributed by atoms with Crippen LogP contribution in [0.1, 0.15) is 11.1 Å². The number of aryl methyl sites for hydroxylation is 1. The molecule has 5 nitrogen and oxygen atoms in total. The summed E-state index contributed by atoms with van der Waals surface area (Å²) in [4.78, 5) is 11.1. The Morgan fingerprint density at radius 2 is 1.50 bits per heavy atom. The van der Waals surface area contributed by atoms with Crippen LogP contribution < -0.4 is 5.73 Å². The number of sulfone groups is 1. The van der Waals surface area contributed by atoms with E-state index in [9.17, 15) is 13.2 Å². The molecule has 0 aliphatic heterocycles. The maximum absolute atomic E-state index is 12.5. The molecule has 22 heavy (non-hydrogen) atoms. The number of hydrogen-bond acceptors (Lipinski definition) is 4. The molecule has 0 aliphatic carbocycles. The summed E-state index contributed by atoms with van der Waals surface area (Å²) in [6, 6.07) is 11.7. The quantitative estimate of drug-likeness (QED) is 0.875. The van der Waals surface area contributed by atoms with Crippen LogP contribution in [0.4, 0.5) is 0 Å². The van der Waals surface area contributed by atoms with Crippen molar-refractivity contribution in [2.45, 2.75) is 29.2 Å². The Morgan fingerprint density at radius 3 is 1.95 bits per heavy atom. The predicted molar refractivity (Wildman–Crippen MR) is 82.4 cm³/mol. The molecule has 0 saturated heterocycles. The molecule has 2 rings (SSSR count). The highest BCUT2D eigenvalue weighted by Gasteiger charge is 2.18. The van der Waals surface area contributed by atoms with E-state index < -0.39 is 21.8 Å². The Bertz CT molecular complexity index is 765. The zero-order valence-electron chi connectivity index (χ0n) is 12.1. The van der Waals surface area contributed by atoms with Crippen molar-refractivity contribution in [2.75, 3.05) is 0 Å². The van der Waals surface area contributed by atoms with Gasteiger partial charge in [-0.3, -0.25) is 4.79 Å². The lowest BCUT2D eigenvalue weighted by Crippen LogP contribution is -2.32. The minimum absolute atomic E-state index is 0.153. The molecule has 6 heteroatoms.